The molecule has 5 aliphatic heterocycles. The van der Waals surface area contributed by atoms with Crippen molar-refractivity contribution in [3.05, 3.63) is 0 Å². The van der Waals surface area contributed by atoms with Crippen molar-refractivity contribution >= 4 is 166 Å². The topological polar surface area (TPSA) is 1160 Å². The normalized spacial score (nSPS) is 28.2. The van der Waals surface area contributed by atoms with E-state index in [1.54, 1.807) is 0 Å². The summed E-state index contributed by atoms with van der Waals surface area (Å²) in [7, 11) is -111. The van der Waals surface area contributed by atoms with E-state index in [0.29, 0.717) is 19.3 Å². The van der Waals surface area contributed by atoms with E-state index in [1.165, 1.54) is 0 Å². The maximum absolute atomic E-state index is 13.2. The molecule has 0 saturated carbocycles. The average Bonchev–Trinajstić information content (AvgIpc) is 0.748. The Hall–Kier alpha value is 13.5. The Labute approximate surface area is 1190 Å². The monoisotopic (exact) mass is 2600 g/mol. The van der Waals surface area contributed by atoms with Crippen LogP contribution in [-0.4, -0.2) is 401 Å². The van der Waals surface area contributed by atoms with Crippen molar-refractivity contribution in [2.24, 2.45) is 0 Å². The maximum atomic E-state index is 13.2. The molecule has 5 heterocycles. The summed E-state index contributed by atoms with van der Waals surface area (Å²) in [6.07, 6.45) is -97.3. The zero-order valence-corrected chi connectivity index (χ0v) is 123. The van der Waals surface area contributed by atoms with Gasteiger partial charge in [0.05, 0.1) is 33.0 Å². The van der Waals surface area contributed by atoms with E-state index in [0.717, 1.165) is 12.8 Å². The van der Waals surface area contributed by atoms with Crippen LogP contribution in [0.1, 0.15) is 58.3 Å². The Morgan fingerprint density at radius 3 is 0.479 bits per heavy atom. The first kappa shape index (κ1) is 184. The molecule has 0 aromatic rings. The Bertz CT molecular complexity index is 5850. The van der Waals surface area contributed by atoms with Gasteiger partial charge in [0.25, 0.3) is 0 Å². The van der Waals surface area contributed by atoms with Crippen LogP contribution in [0.4, 0.5) is 0 Å². The van der Waals surface area contributed by atoms with Crippen LogP contribution in [0.25, 0.3) is 0 Å². The van der Waals surface area contributed by atoms with Crippen LogP contribution < -0.4 is 473 Å². The van der Waals surface area contributed by atoms with Crippen molar-refractivity contribution < 1.29 is 795 Å². The molecule has 0 amide bonds. The molecule has 5 rings (SSSR count). The van der Waals surface area contributed by atoms with Crippen molar-refractivity contribution in [1.29, 1.82) is 0 Å². The van der Waals surface area contributed by atoms with Gasteiger partial charge in [-0.1, -0.05) is 51.9 Å². The van der Waals surface area contributed by atoms with E-state index in [4.69, 9.17) is 47.4 Å². The third-order valence-electron chi connectivity index (χ3n) is 15.8. The van der Waals surface area contributed by atoms with Crippen molar-refractivity contribution in [2.45, 2.75) is 212 Å². The third-order valence-corrected chi connectivity index (χ3v) is 23.0. The largest absolute Gasteiger partial charge is 1.00 e. The zero-order valence-electron chi connectivity index (χ0n) is 78.1. The van der Waals surface area contributed by atoms with Gasteiger partial charge in [-0.25, -0.2) is 135 Å². The van der Waals surface area contributed by atoms with Gasteiger partial charge in [0, 0.05) is 6.61 Å². The van der Waals surface area contributed by atoms with Gasteiger partial charge in [0.2, 0.25) is 166 Å². The minimum Gasteiger partial charge on any atom is -0.726 e. The summed E-state index contributed by atoms with van der Waals surface area (Å²) >= 11 is 0. The summed E-state index contributed by atoms with van der Waals surface area (Å²) in [5, 5.41) is 0. The third kappa shape index (κ3) is 75.9. The van der Waals surface area contributed by atoms with E-state index < -0.39 is 360 Å². The second-order valence-electron chi connectivity index (χ2n) is 25.1. The Kier molecular flexibility index (Phi) is 98.4. The predicted octanol–water partition coefficient (Wildman–Crippen LogP) is -63.9. The van der Waals surface area contributed by atoms with Crippen LogP contribution in [0.15, 0.2) is 0 Å². The smallest absolute Gasteiger partial charge is 0.726 e. The summed E-state index contributed by atoms with van der Waals surface area (Å²) in [6, 6.07) is 0. The average molecular weight is 2600 g/mol. The Balaban J connectivity index is -0.00000112. The molecular formula is C40H56Na16O74S16. The van der Waals surface area contributed by atoms with Gasteiger partial charge in [0.15, 0.2) is 62.0 Å². The first-order valence-electron chi connectivity index (χ1n) is 32.9. The Morgan fingerprint density at radius 1 is 0.171 bits per heavy atom. The van der Waals surface area contributed by atoms with Gasteiger partial charge in [-0.2, -0.15) is 0 Å². The molecule has 146 heavy (non-hydrogen) atoms. The predicted molar refractivity (Wildman–Crippen MR) is 350 cm³/mol. The molecule has 5 fully saturated rings. The second-order valence-corrected chi connectivity index (χ2v) is 41.4. The number of hydrogen-bond acceptors (Lipinski definition) is 74. The van der Waals surface area contributed by atoms with E-state index >= 15 is 0 Å². The maximum Gasteiger partial charge on any atom is 1.00 e. The zero-order chi connectivity index (χ0) is 99.7. The summed E-state index contributed by atoms with van der Waals surface area (Å²) in [6.45, 7) is -12.0. The Morgan fingerprint density at radius 2 is 0.308 bits per heavy atom. The molecule has 0 aromatic carbocycles. The summed E-state index contributed by atoms with van der Waals surface area (Å²) in [5.74, 6) is 0. The minimum atomic E-state index is -7.48. The van der Waals surface area contributed by atoms with Gasteiger partial charge >= 0.3 is 473 Å². The molecule has 1 unspecified atom stereocenters. The van der Waals surface area contributed by atoms with Gasteiger partial charge in [-0.15, -0.1) is 0 Å². The second kappa shape index (κ2) is 78.0. The minimum absolute atomic E-state index is 0. The van der Waals surface area contributed by atoms with Gasteiger partial charge < -0.3 is 120 Å². The molecule has 0 spiro atoms. The molecule has 0 aromatic heterocycles. The molecule has 0 bridgehead atoms. The number of rotatable bonds is 55. The molecule has 0 aliphatic carbocycles. The molecule has 74 nitrogen and oxygen atoms in total. The molecule has 0 N–H and O–H groups in total. The van der Waals surface area contributed by atoms with Crippen LogP contribution in [-0.2, 0) is 281 Å². The van der Waals surface area contributed by atoms with Crippen LogP contribution in [0.2, 0.25) is 0 Å². The number of unbranched alkanes of at least 4 members (excludes halogenated alkanes) is 7. The van der Waals surface area contributed by atoms with E-state index in [2.05, 4.69) is 66.9 Å². The van der Waals surface area contributed by atoms with Crippen molar-refractivity contribution in [3.63, 3.8) is 0 Å². The van der Waals surface area contributed by atoms with Crippen LogP contribution in [0, 0.1) is 0 Å². The summed E-state index contributed by atoms with van der Waals surface area (Å²) < 4.78 is 719. The molecule has 25 atom stereocenters. The first-order valence-corrected chi connectivity index (χ1v) is 54.2. The number of hydrogen-bond donors (Lipinski definition) is 0. The van der Waals surface area contributed by atoms with Crippen LogP contribution >= 0.6 is 0 Å². The first-order chi connectivity index (χ1) is 58.3. The van der Waals surface area contributed by atoms with Gasteiger partial charge in [-0.3, -0.25) is 66.9 Å². The molecule has 5 saturated heterocycles. The van der Waals surface area contributed by atoms with Gasteiger partial charge in [0.1, 0.15) is 91.6 Å². The van der Waals surface area contributed by atoms with E-state index in [9.17, 15) is 208 Å². The van der Waals surface area contributed by atoms with Crippen molar-refractivity contribution in [2.75, 3.05) is 39.6 Å². The van der Waals surface area contributed by atoms with Crippen molar-refractivity contribution in [1.82, 2.24) is 0 Å². The molecule has 0 radical (unpaired) electrons. The standard InChI is InChI=1S/C40H72O74S16.16Na/c1-2-3-4-5-6-7-8-9-10-89-36-31(110-126(74,75)76)26(21(104-120(56,57)58)16(95-36)11-90-115(41,42)43)100-37-32(111-127(77,78)79)27(22(105-121(59,60)61)17(96-37)12-91-116(44,45)46)101-38-33(112-128(80,81)82)28(23(106-122(62,63)64)18(97-38)13-92-117(47,48)49)102-39-34(113-129(83,84)85)29(24(107-123(65,66)67)19(98-39)14-93-118(50,51)52)103-40-35(114-130(86,87)88)30(109-125(71,72)73)25(108-124(68,69)70)20(99-40)15-94-119(53,54)55;;;;;;;;;;;;;;;;/h16-40H,2-15H2,1H3,(H,41,42,43)(H,44,45,46)(H,47,48,49)(H,50,51,52)(H,53,54,55)(H,56,57,58)(H,59,60,61)(H,62,63,64)(H,65,66,67)(H,68,69,70)(H,71,72,73)(H,74,75,76)(H,77,78,79)(H,80,81,82)(H,83,84,85)(H,86,87,88);;;;;;;;;;;;;;;;/q;16*+1/p-16/t16-,17-,18-,19-,20-,21-,22-,23-,24-,25-,26+,27+,28+,29+,30+,31-,32-,33-,34-,35-,36?,37+,38+,39+,40+;;;;;;;;;;;;;;;;/m1................/s1. The number of ether oxygens (including phenoxy) is 10. The fourth-order valence-electron chi connectivity index (χ4n) is 11.8. The summed E-state index contributed by atoms with van der Waals surface area (Å²) in [4.78, 5) is 0. The molecular weight excluding hydrogens is 2550 g/mol. The summed E-state index contributed by atoms with van der Waals surface area (Å²) in [5.41, 5.74) is 0. The molecule has 5 aliphatic rings. The SMILES string of the molecule is CCCCCCCCCCOC1O[C@H](COS(=O)(=O)[O-])[C@@H](OS(=O)(=O)[O-])[C@H](O[C@@H]2O[C@H](COS(=O)(=O)[O-])[C@@H](OS(=O)(=O)[O-])[C@H](O[C@@H]3O[C@H](COS(=O)(=O)[O-])[C@@H](OS(=O)(=O)[O-])[C@H](O[C@@H]4O[C@H](COS(=O)(=O)[O-])[C@@H](OS(=O)(=O)[O-])[C@H](O[C@@H]5O[C@H](COS(=O)(=O)[O-])[C@@H](OS(=O)(=O)[O-])[C@H](OS(=O)(=O)[O-])[C@H]5OS(=O)(=O)[O-])[C@H]4OS(=O)(=O)[O-])[C@H]3OS(=O)(=O)[O-])[C@H]2OS(=O)(=O)[O-])[C@H]1OS(=O)(=O)[O-].[Na+].[Na+].[Na+].[Na+].[Na+].[Na+].[Na+].[Na+].[Na+].[Na+].[Na+].[Na+].[Na+].[Na+].[Na+].[Na+]. The van der Waals surface area contributed by atoms with Gasteiger partial charge in [-0.05, 0) is 6.42 Å². The fourth-order valence-corrected chi connectivity index (χ4v) is 18.6. The molecule has 772 valence electrons. The van der Waals surface area contributed by atoms with E-state index in [1.807, 2.05) is 6.92 Å². The van der Waals surface area contributed by atoms with E-state index in [-0.39, 0.29) is 492 Å². The quantitative estimate of drug-likeness (QED) is 0.0236. The van der Waals surface area contributed by atoms with Crippen molar-refractivity contribution in [3.8, 4) is 0 Å². The fraction of sp³-hybridized carbons (Fsp3) is 1.00. The molecule has 106 heteroatoms. The van der Waals surface area contributed by atoms with Crippen LogP contribution in [0.5, 0.6) is 0 Å². The van der Waals surface area contributed by atoms with Crippen LogP contribution in [0.3, 0.4) is 0 Å².